The number of likely N-dealkylation sites (N-methyl/N-ethyl adjacent to an activating group) is 1. The van der Waals surface area contributed by atoms with Crippen molar-refractivity contribution in [2.45, 2.75) is 68.6 Å². The van der Waals surface area contributed by atoms with Crippen molar-refractivity contribution in [1.29, 1.82) is 0 Å². The van der Waals surface area contributed by atoms with Crippen molar-refractivity contribution in [2.75, 3.05) is 38.1 Å². The first-order valence-electron chi connectivity index (χ1n) is 12.4. The molecular formula is C25H36N6O3S. The van der Waals surface area contributed by atoms with E-state index in [-0.39, 0.29) is 22.4 Å². The summed E-state index contributed by atoms with van der Waals surface area (Å²) in [6.07, 6.45) is 5.65. The number of sulfonamides is 1. The predicted octanol–water partition coefficient (Wildman–Crippen LogP) is 2.36. The van der Waals surface area contributed by atoms with E-state index in [2.05, 4.69) is 42.0 Å². The van der Waals surface area contributed by atoms with E-state index >= 15 is 0 Å². The quantitative estimate of drug-likeness (QED) is 0.613. The van der Waals surface area contributed by atoms with Gasteiger partial charge in [0.05, 0.1) is 22.7 Å². The number of carbonyl (C=O) groups is 1. The zero-order valence-corrected chi connectivity index (χ0v) is 21.9. The lowest BCUT2D eigenvalue weighted by Gasteiger charge is -2.43. The lowest BCUT2D eigenvalue weighted by Crippen LogP contribution is -2.55. The van der Waals surface area contributed by atoms with Crippen LogP contribution in [0.15, 0.2) is 35.9 Å². The second-order valence-electron chi connectivity index (χ2n) is 10.8. The number of benzene rings is 1. The topological polar surface area (TPSA) is 90.8 Å². The Morgan fingerprint density at radius 3 is 2.51 bits per heavy atom. The Kier molecular flexibility index (Phi) is 5.96. The summed E-state index contributed by atoms with van der Waals surface area (Å²) in [6.45, 7) is 12.7. The van der Waals surface area contributed by atoms with Gasteiger partial charge in [0.1, 0.15) is 0 Å². The van der Waals surface area contributed by atoms with Crippen molar-refractivity contribution in [1.82, 2.24) is 24.3 Å². The average Bonchev–Trinajstić information content (AvgIpc) is 3.19. The normalized spacial score (nSPS) is 26.9. The molecule has 1 amide bonds. The maximum Gasteiger partial charge on any atom is 0.246 e. The minimum atomic E-state index is -3.70. The van der Waals surface area contributed by atoms with Gasteiger partial charge in [-0.3, -0.25) is 14.4 Å². The van der Waals surface area contributed by atoms with Crippen LogP contribution in [0.1, 0.15) is 46.1 Å². The minimum absolute atomic E-state index is 0.0125. The fourth-order valence-corrected chi connectivity index (χ4v) is 6.86. The molecule has 0 spiro atoms. The highest BCUT2D eigenvalue weighted by Gasteiger charge is 2.42. The van der Waals surface area contributed by atoms with Gasteiger partial charge in [-0.2, -0.15) is 5.10 Å². The number of amides is 1. The number of nitrogens with zero attached hydrogens (tertiary/aromatic N) is 5. The van der Waals surface area contributed by atoms with Crippen molar-refractivity contribution in [3.8, 4) is 0 Å². The van der Waals surface area contributed by atoms with E-state index in [0.717, 1.165) is 48.9 Å². The molecule has 2 saturated heterocycles. The zero-order chi connectivity index (χ0) is 25.1. The molecule has 3 atom stereocenters. The number of hydrogen-bond acceptors (Lipinski definition) is 6. The Morgan fingerprint density at radius 2 is 1.89 bits per heavy atom. The highest BCUT2D eigenvalue weighted by Crippen LogP contribution is 2.38. The van der Waals surface area contributed by atoms with E-state index in [4.69, 9.17) is 5.10 Å². The number of hydrogen-bond donors (Lipinski definition) is 1. The highest BCUT2D eigenvalue weighted by molar-refractivity contribution is 7.89. The fourth-order valence-electron chi connectivity index (χ4n) is 5.35. The molecule has 3 fully saturated rings. The van der Waals surface area contributed by atoms with Crippen LogP contribution in [0.5, 0.6) is 0 Å². The van der Waals surface area contributed by atoms with E-state index < -0.39 is 10.0 Å². The zero-order valence-electron chi connectivity index (χ0n) is 21.1. The summed E-state index contributed by atoms with van der Waals surface area (Å²) in [7, 11) is -1.56. The number of aromatic nitrogens is 2. The molecular weight excluding hydrogens is 464 g/mol. The first kappa shape index (κ1) is 24.3. The standard InChI is InChI=1S/C25H36N6O3S/c1-6-24(32)29-10-7-19(16-29)31-23-12-20(35(33,34)27-25(4)8-9-25)11-22(21(23)13-26-31)30-14-17(2)28(5)18(3)15-30/h6,11-13,17-19,27H,1,7-10,14-16H2,2-5H3/t17-,18-,19?/m0/s1. The number of piperazine rings is 1. The Morgan fingerprint density at radius 1 is 1.20 bits per heavy atom. The predicted molar refractivity (Wildman–Crippen MR) is 137 cm³/mol. The first-order valence-corrected chi connectivity index (χ1v) is 13.9. The van der Waals surface area contributed by atoms with Crippen molar-refractivity contribution in [3.05, 3.63) is 31.0 Å². The summed E-state index contributed by atoms with van der Waals surface area (Å²) in [5.41, 5.74) is 1.34. The summed E-state index contributed by atoms with van der Waals surface area (Å²) in [5.74, 6) is -0.0878. The molecule has 0 radical (unpaired) electrons. The van der Waals surface area contributed by atoms with Crippen molar-refractivity contribution < 1.29 is 13.2 Å². The van der Waals surface area contributed by atoms with Gasteiger partial charge in [0.15, 0.2) is 0 Å². The molecule has 2 aromatic rings. The molecule has 2 aliphatic heterocycles. The molecule has 10 heteroatoms. The maximum absolute atomic E-state index is 13.5. The molecule has 35 heavy (non-hydrogen) atoms. The van der Waals surface area contributed by atoms with Gasteiger partial charge in [-0.25, -0.2) is 13.1 Å². The molecule has 1 aliphatic carbocycles. The molecule has 190 valence electrons. The summed E-state index contributed by atoms with van der Waals surface area (Å²) in [4.78, 5) is 18.8. The minimum Gasteiger partial charge on any atom is -0.368 e. The third kappa shape index (κ3) is 4.47. The number of rotatable bonds is 6. The van der Waals surface area contributed by atoms with Gasteiger partial charge in [0.2, 0.25) is 15.9 Å². The second-order valence-corrected chi connectivity index (χ2v) is 12.5. The molecule has 3 heterocycles. The van der Waals surface area contributed by atoms with Crippen molar-refractivity contribution in [3.63, 3.8) is 0 Å². The Bertz CT molecular complexity index is 1260. The van der Waals surface area contributed by atoms with Gasteiger partial charge in [-0.1, -0.05) is 6.58 Å². The van der Waals surface area contributed by atoms with Crippen LogP contribution >= 0.6 is 0 Å². The largest absolute Gasteiger partial charge is 0.368 e. The number of anilines is 1. The van der Waals surface area contributed by atoms with Crippen LogP contribution in [-0.4, -0.2) is 84.8 Å². The van der Waals surface area contributed by atoms with Gasteiger partial charge in [0, 0.05) is 54.9 Å². The molecule has 9 nitrogen and oxygen atoms in total. The molecule has 1 unspecified atom stereocenters. The van der Waals surface area contributed by atoms with Crippen LogP contribution in [0.3, 0.4) is 0 Å². The molecule has 3 aliphatic rings. The van der Waals surface area contributed by atoms with Gasteiger partial charge >= 0.3 is 0 Å². The van der Waals surface area contributed by atoms with E-state index in [1.165, 1.54) is 6.08 Å². The summed E-state index contributed by atoms with van der Waals surface area (Å²) >= 11 is 0. The van der Waals surface area contributed by atoms with Crippen LogP contribution in [0.4, 0.5) is 5.69 Å². The van der Waals surface area contributed by atoms with Crippen LogP contribution in [0.25, 0.3) is 10.9 Å². The first-order chi connectivity index (χ1) is 16.5. The van der Waals surface area contributed by atoms with Gasteiger partial charge < -0.3 is 9.80 Å². The highest BCUT2D eigenvalue weighted by atomic mass is 32.2. The van der Waals surface area contributed by atoms with Gasteiger partial charge in [-0.15, -0.1) is 0 Å². The number of nitrogens with one attached hydrogen (secondary N) is 1. The number of likely N-dealkylation sites (tertiary alicyclic amines) is 1. The lowest BCUT2D eigenvalue weighted by molar-refractivity contribution is -0.125. The third-order valence-electron chi connectivity index (χ3n) is 8.05. The van der Waals surface area contributed by atoms with Crippen LogP contribution in [0.2, 0.25) is 0 Å². The van der Waals surface area contributed by atoms with Crippen LogP contribution < -0.4 is 9.62 Å². The van der Waals surface area contributed by atoms with Gasteiger partial charge in [-0.05, 0) is 65.3 Å². The summed E-state index contributed by atoms with van der Waals surface area (Å²) in [5, 5.41) is 5.66. The van der Waals surface area contributed by atoms with Crippen LogP contribution in [0, 0.1) is 0 Å². The van der Waals surface area contributed by atoms with E-state index in [1.807, 2.05) is 23.9 Å². The summed E-state index contributed by atoms with van der Waals surface area (Å²) < 4.78 is 31.7. The van der Waals surface area contributed by atoms with E-state index in [9.17, 15) is 13.2 Å². The molecule has 1 saturated carbocycles. The van der Waals surface area contributed by atoms with Crippen molar-refractivity contribution in [2.24, 2.45) is 0 Å². The van der Waals surface area contributed by atoms with Crippen molar-refractivity contribution >= 4 is 32.5 Å². The third-order valence-corrected chi connectivity index (χ3v) is 9.67. The SMILES string of the molecule is C=CC(=O)N1CCC(n2ncc3c(N4C[C@H](C)N(C)[C@@H](C)C4)cc(S(=O)(=O)NC4(C)CC4)cc32)C1. The Hall–Kier alpha value is -2.43. The Labute approximate surface area is 207 Å². The molecule has 0 bridgehead atoms. The monoisotopic (exact) mass is 500 g/mol. The lowest BCUT2D eigenvalue weighted by atomic mass is 10.1. The van der Waals surface area contributed by atoms with E-state index in [1.54, 1.807) is 11.0 Å². The van der Waals surface area contributed by atoms with E-state index in [0.29, 0.717) is 25.2 Å². The Balaban J connectivity index is 1.59. The molecule has 5 rings (SSSR count). The number of fused-ring (bicyclic) bond motifs is 1. The van der Waals surface area contributed by atoms with Crippen LogP contribution in [-0.2, 0) is 14.8 Å². The maximum atomic E-state index is 13.5. The fraction of sp³-hybridized carbons (Fsp3) is 0.600. The number of carbonyl (C=O) groups excluding carboxylic acids is 1. The second kappa shape index (κ2) is 8.60. The smallest absolute Gasteiger partial charge is 0.246 e. The van der Waals surface area contributed by atoms with Gasteiger partial charge in [0.25, 0.3) is 0 Å². The summed E-state index contributed by atoms with van der Waals surface area (Å²) in [6, 6.07) is 4.22. The average molecular weight is 501 g/mol. The molecule has 1 N–H and O–H groups in total. The molecule has 1 aromatic carbocycles. The molecule has 1 aromatic heterocycles.